The minimum absolute atomic E-state index is 0.273. The minimum Gasteiger partial charge on any atom is -0.192 e. The molecule has 5 heteroatoms. The van der Waals surface area contributed by atoms with Gasteiger partial charge in [0.1, 0.15) is 0 Å². The number of benzene rings is 2. The minimum atomic E-state index is 0.273. The summed E-state index contributed by atoms with van der Waals surface area (Å²) in [6.07, 6.45) is 0. The Morgan fingerprint density at radius 2 is 1.50 bits per heavy atom. The number of rotatable bonds is 1. The normalized spacial score (nSPS) is 10.2. The van der Waals surface area contributed by atoms with E-state index >= 15 is 0 Å². The van der Waals surface area contributed by atoms with Gasteiger partial charge in [0.05, 0.1) is 26.7 Å². The standard InChI is InChI=1S/C13H5Cl4N/c14-8-1-2-9(7(5-8)6-18)10-3-4-11(15)13(17)12(10)16/h1-5H. The van der Waals surface area contributed by atoms with E-state index in [-0.39, 0.29) is 5.02 Å². The topological polar surface area (TPSA) is 23.8 Å². The van der Waals surface area contributed by atoms with Crippen molar-refractivity contribution in [2.24, 2.45) is 0 Å². The van der Waals surface area contributed by atoms with Gasteiger partial charge in [-0.1, -0.05) is 58.5 Å². The van der Waals surface area contributed by atoms with Gasteiger partial charge in [-0.25, -0.2) is 0 Å². The van der Waals surface area contributed by atoms with Gasteiger partial charge >= 0.3 is 0 Å². The van der Waals surface area contributed by atoms with Gasteiger partial charge in [-0.3, -0.25) is 0 Å². The fraction of sp³-hybridized carbons (Fsp3) is 0. The lowest BCUT2D eigenvalue weighted by atomic mass is 10.0. The van der Waals surface area contributed by atoms with Crippen LogP contribution in [0.3, 0.4) is 0 Å². The van der Waals surface area contributed by atoms with Crippen LogP contribution < -0.4 is 0 Å². The summed E-state index contributed by atoms with van der Waals surface area (Å²) in [6, 6.07) is 10.4. The average molecular weight is 317 g/mol. The van der Waals surface area contributed by atoms with Gasteiger partial charge in [-0.2, -0.15) is 5.26 Å². The first-order valence-electron chi connectivity index (χ1n) is 4.88. The van der Waals surface area contributed by atoms with Crippen molar-refractivity contribution in [3.05, 3.63) is 56.0 Å². The van der Waals surface area contributed by atoms with Gasteiger partial charge in [0.2, 0.25) is 0 Å². The molecule has 0 N–H and O–H groups in total. The Balaban J connectivity index is 2.71. The molecule has 0 amide bonds. The van der Waals surface area contributed by atoms with E-state index in [0.717, 1.165) is 0 Å². The van der Waals surface area contributed by atoms with Crippen LogP contribution in [0.25, 0.3) is 11.1 Å². The highest BCUT2D eigenvalue weighted by Crippen LogP contribution is 2.39. The molecule has 2 aromatic carbocycles. The predicted molar refractivity (Wildman–Crippen MR) is 76.6 cm³/mol. The fourth-order valence-corrected chi connectivity index (χ4v) is 2.39. The molecule has 0 heterocycles. The summed E-state index contributed by atoms with van der Waals surface area (Å²) < 4.78 is 0. The highest BCUT2D eigenvalue weighted by Gasteiger charge is 2.13. The van der Waals surface area contributed by atoms with Crippen molar-refractivity contribution < 1.29 is 0 Å². The number of halogens is 4. The van der Waals surface area contributed by atoms with Crippen molar-refractivity contribution >= 4 is 46.4 Å². The van der Waals surface area contributed by atoms with E-state index in [1.807, 2.05) is 0 Å². The molecule has 0 saturated carbocycles. The Morgan fingerprint density at radius 1 is 0.833 bits per heavy atom. The molecule has 0 fully saturated rings. The molecule has 0 aromatic heterocycles. The largest absolute Gasteiger partial charge is 0.192 e. The first-order chi connectivity index (χ1) is 8.54. The number of hydrogen-bond acceptors (Lipinski definition) is 1. The molecule has 2 aromatic rings. The molecular weight excluding hydrogens is 312 g/mol. The average Bonchev–Trinajstić information content (AvgIpc) is 2.37. The Morgan fingerprint density at radius 3 is 2.17 bits per heavy atom. The van der Waals surface area contributed by atoms with E-state index in [2.05, 4.69) is 6.07 Å². The van der Waals surface area contributed by atoms with Crippen LogP contribution in [0.4, 0.5) is 0 Å². The second kappa shape index (κ2) is 5.38. The Labute approximate surface area is 124 Å². The van der Waals surface area contributed by atoms with Crippen LogP contribution in [-0.2, 0) is 0 Å². The monoisotopic (exact) mass is 315 g/mol. The fourth-order valence-electron chi connectivity index (χ4n) is 1.58. The second-order valence-corrected chi connectivity index (χ2v) is 5.12. The lowest BCUT2D eigenvalue weighted by molar-refractivity contribution is 1.48. The van der Waals surface area contributed by atoms with Gasteiger partial charge in [0.25, 0.3) is 0 Å². The summed E-state index contributed by atoms with van der Waals surface area (Å²) in [5.74, 6) is 0. The molecule has 0 radical (unpaired) electrons. The van der Waals surface area contributed by atoms with E-state index in [1.165, 1.54) is 0 Å². The molecule has 18 heavy (non-hydrogen) atoms. The van der Waals surface area contributed by atoms with Crippen LogP contribution in [0.1, 0.15) is 5.56 Å². The van der Waals surface area contributed by atoms with Gasteiger partial charge in [0.15, 0.2) is 0 Å². The molecule has 0 aliphatic heterocycles. The first-order valence-corrected chi connectivity index (χ1v) is 6.39. The lowest BCUT2D eigenvalue weighted by Gasteiger charge is -2.09. The van der Waals surface area contributed by atoms with Gasteiger partial charge < -0.3 is 0 Å². The van der Waals surface area contributed by atoms with Crippen molar-refractivity contribution in [2.75, 3.05) is 0 Å². The highest BCUT2D eigenvalue weighted by atomic mass is 35.5. The molecule has 90 valence electrons. The smallest absolute Gasteiger partial charge is 0.0998 e. The van der Waals surface area contributed by atoms with Crippen LogP contribution in [-0.4, -0.2) is 0 Å². The van der Waals surface area contributed by atoms with Gasteiger partial charge in [-0.05, 0) is 18.2 Å². The number of nitriles is 1. The molecule has 0 aliphatic carbocycles. The molecule has 0 saturated heterocycles. The Bertz CT molecular complexity index is 659. The number of nitrogens with zero attached hydrogens (tertiary/aromatic N) is 1. The zero-order valence-electron chi connectivity index (χ0n) is 8.85. The Kier molecular flexibility index (Phi) is 4.04. The molecular formula is C13H5Cl4N. The van der Waals surface area contributed by atoms with Crippen LogP contribution in [0.2, 0.25) is 20.1 Å². The van der Waals surface area contributed by atoms with Crippen molar-refractivity contribution in [3.8, 4) is 17.2 Å². The van der Waals surface area contributed by atoms with Gasteiger partial charge in [-0.15, -0.1) is 0 Å². The second-order valence-electron chi connectivity index (χ2n) is 3.52. The maximum Gasteiger partial charge on any atom is 0.0998 e. The molecule has 0 bridgehead atoms. The Hall–Kier alpha value is -0.910. The molecule has 1 nitrogen and oxygen atoms in total. The summed E-state index contributed by atoms with van der Waals surface area (Å²) >= 11 is 23.8. The van der Waals surface area contributed by atoms with E-state index in [1.54, 1.807) is 30.3 Å². The molecule has 2 rings (SSSR count). The van der Waals surface area contributed by atoms with E-state index in [4.69, 9.17) is 51.7 Å². The van der Waals surface area contributed by atoms with Crippen LogP contribution in [0, 0.1) is 11.3 Å². The summed E-state index contributed by atoms with van der Waals surface area (Å²) in [7, 11) is 0. The summed E-state index contributed by atoms with van der Waals surface area (Å²) in [5, 5.41) is 10.6. The maximum atomic E-state index is 9.11. The number of hydrogen-bond donors (Lipinski definition) is 0. The molecule has 0 unspecified atom stereocenters. The molecule has 0 spiro atoms. The maximum absolute atomic E-state index is 9.11. The molecule has 0 atom stereocenters. The third-order valence-corrected chi connectivity index (χ3v) is 3.96. The quantitative estimate of drug-likeness (QED) is 0.606. The van der Waals surface area contributed by atoms with Crippen molar-refractivity contribution in [1.29, 1.82) is 5.26 Å². The predicted octanol–water partition coefficient (Wildman–Crippen LogP) is 5.84. The summed E-state index contributed by atoms with van der Waals surface area (Å²) in [6.45, 7) is 0. The van der Waals surface area contributed by atoms with Crippen molar-refractivity contribution in [1.82, 2.24) is 0 Å². The zero-order valence-corrected chi connectivity index (χ0v) is 11.9. The van der Waals surface area contributed by atoms with Crippen LogP contribution >= 0.6 is 46.4 Å². The van der Waals surface area contributed by atoms with Crippen LogP contribution in [0.5, 0.6) is 0 Å². The third-order valence-electron chi connectivity index (χ3n) is 2.43. The molecule has 0 aliphatic rings. The van der Waals surface area contributed by atoms with Crippen molar-refractivity contribution in [3.63, 3.8) is 0 Å². The van der Waals surface area contributed by atoms with Gasteiger partial charge in [0, 0.05) is 16.1 Å². The zero-order chi connectivity index (χ0) is 13.3. The van der Waals surface area contributed by atoms with E-state index < -0.39 is 0 Å². The van der Waals surface area contributed by atoms with E-state index in [9.17, 15) is 0 Å². The third kappa shape index (κ3) is 2.43. The highest BCUT2D eigenvalue weighted by molar-refractivity contribution is 6.49. The first kappa shape index (κ1) is 13.5. The lowest BCUT2D eigenvalue weighted by Crippen LogP contribution is -1.87. The van der Waals surface area contributed by atoms with E-state index in [0.29, 0.717) is 31.8 Å². The summed E-state index contributed by atoms with van der Waals surface area (Å²) in [4.78, 5) is 0. The SMILES string of the molecule is N#Cc1cc(Cl)ccc1-c1ccc(Cl)c(Cl)c1Cl. The van der Waals surface area contributed by atoms with Crippen LogP contribution in [0.15, 0.2) is 30.3 Å². The van der Waals surface area contributed by atoms with Crippen molar-refractivity contribution in [2.45, 2.75) is 0 Å². The summed E-state index contributed by atoms with van der Waals surface area (Å²) in [5.41, 5.74) is 1.76.